The first kappa shape index (κ1) is 22.3. The molecular formula is C22H27NO6S. The van der Waals surface area contributed by atoms with E-state index in [0.717, 1.165) is 5.56 Å². The Morgan fingerprint density at radius 2 is 1.77 bits per heavy atom. The fourth-order valence-electron chi connectivity index (χ4n) is 3.69. The Bertz CT molecular complexity index is 968. The minimum absolute atomic E-state index is 0.0832. The predicted molar refractivity (Wildman–Crippen MR) is 113 cm³/mol. The number of rotatable bonds is 8. The van der Waals surface area contributed by atoms with Gasteiger partial charge in [0.1, 0.15) is 16.5 Å². The molecule has 1 heterocycles. The fraction of sp³-hybridized carbons (Fsp3) is 0.409. The summed E-state index contributed by atoms with van der Waals surface area (Å²) in [6.07, 6.45) is 1.13. The Morgan fingerprint density at radius 3 is 2.40 bits per heavy atom. The number of carbonyl (C=O) groups is 1. The van der Waals surface area contributed by atoms with E-state index in [1.165, 1.54) is 14.2 Å². The molecule has 1 aliphatic heterocycles. The summed E-state index contributed by atoms with van der Waals surface area (Å²) < 4.78 is 42.5. The number of benzene rings is 2. The van der Waals surface area contributed by atoms with Crippen LogP contribution in [-0.4, -0.2) is 53.2 Å². The van der Waals surface area contributed by atoms with Crippen molar-refractivity contribution in [2.75, 3.05) is 33.3 Å². The highest BCUT2D eigenvalue weighted by atomic mass is 32.2. The van der Waals surface area contributed by atoms with Crippen LogP contribution in [-0.2, 0) is 24.1 Å². The SMILES string of the molecule is COC(=O)CC1(NCS(=O)(=O)c2c(OC)cccc2-c2ccccc2)CCOCC1. The number of nitrogens with one attached hydrogen (secondary N) is 1. The van der Waals surface area contributed by atoms with Gasteiger partial charge >= 0.3 is 5.97 Å². The zero-order valence-corrected chi connectivity index (χ0v) is 18.0. The Balaban J connectivity index is 1.94. The highest BCUT2D eigenvalue weighted by Gasteiger charge is 2.37. The highest BCUT2D eigenvalue weighted by molar-refractivity contribution is 7.91. The molecule has 0 saturated carbocycles. The number of hydrogen-bond acceptors (Lipinski definition) is 7. The molecule has 1 aliphatic rings. The number of sulfone groups is 1. The van der Waals surface area contributed by atoms with Gasteiger partial charge in [0.25, 0.3) is 0 Å². The minimum Gasteiger partial charge on any atom is -0.495 e. The number of esters is 1. The first-order valence-electron chi connectivity index (χ1n) is 9.75. The Kier molecular flexibility index (Phi) is 7.12. The molecular weight excluding hydrogens is 406 g/mol. The molecule has 0 amide bonds. The second-order valence-corrected chi connectivity index (χ2v) is 9.21. The van der Waals surface area contributed by atoms with Crippen LogP contribution in [0.25, 0.3) is 11.1 Å². The van der Waals surface area contributed by atoms with Gasteiger partial charge in [0, 0.05) is 24.3 Å². The van der Waals surface area contributed by atoms with Gasteiger partial charge in [-0.3, -0.25) is 10.1 Å². The topological polar surface area (TPSA) is 90.9 Å². The van der Waals surface area contributed by atoms with E-state index >= 15 is 0 Å². The third kappa shape index (κ3) is 5.00. The zero-order chi connectivity index (χ0) is 21.6. The van der Waals surface area contributed by atoms with Gasteiger partial charge in [-0.15, -0.1) is 0 Å². The average molecular weight is 434 g/mol. The molecule has 0 aromatic heterocycles. The lowest BCUT2D eigenvalue weighted by atomic mass is 9.87. The fourth-order valence-corrected chi connectivity index (χ4v) is 5.31. The summed E-state index contributed by atoms with van der Waals surface area (Å²) in [5, 5.41) is 3.14. The molecule has 0 unspecified atom stereocenters. The number of carbonyl (C=O) groups excluding carboxylic acids is 1. The van der Waals surface area contributed by atoms with Crippen LogP contribution in [0.4, 0.5) is 0 Å². The van der Waals surface area contributed by atoms with Gasteiger partial charge in [-0.1, -0.05) is 42.5 Å². The molecule has 0 bridgehead atoms. The standard InChI is InChI=1S/C22H27NO6S/c1-27-19-10-6-9-18(17-7-4-3-5-8-17)21(19)30(25,26)16-23-22(15-20(24)28-2)11-13-29-14-12-22/h3-10,23H,11-16H2,1-2H3. The van der Waals surface area contributed by atoms with Gasteiger partial charge in [0.05, 0.1) is 20.6 Å². The van der Waals surface area contributed by atoms with Gasteiger partial charge in [0.15, 0.2) is 9.84 Å². The molecule has 2 aromatic carbocycles. The van der Waals surface area contributed by atoms with Crippen molar-refractivity contribution >= 4 is 15.8 Å². The first-order chi connectivity index (χ1) is 14.4. The summed E-state index contributed by atoms with van der Waals surface area (Å²) in [5.41, 5.74) is 0.670. The maximum absolute atomic E-state index is 13.5. The van der Waals surface area contributed by atoms with Crippen LogP contribution in [0.2, 0.25) is 0 Å². The average Bonchev–Trinajstić information content (AvgIpc) is 2.78. The molecule has 7 nitrogen and oxygen atoms in total. The molecule has 8 heteroatoms. The molecule has 0 spiro atoms. The number of hydrogen-bond donors (Lipinski definition) is 1. The lowest BCUT2D eigenvalue weighted by Gasteiger charge is -2.37. The van der Waals surface area contributed by atoms with Crippen molar-refractivity contribution < 1.29 is 27.4 Å². The van der Waals surface area contributed by atoms with E-state index in [1.54, 1.807) is 18.2 Å². The Labute approximate surface area is 177 Å². The van der Waals surface area contributed by atoms with E-state index in [4.69, 9.17) is 14.2 Å². The van der Waals surface area contributed by atoms with Crippen LogP contribution in [0.1, 0.15) is 19.3 Å². The van der Waals surface area contributed by atoms with E-state index in [1.807, 2.05) is 30.3 Å². The number of ether oxygens (including phenoxy) is 3. The Morgan fingerprint density at radius 1 is 1.07 bits per heavy atom. The molecule has 1 N–H and O–H groups in total. The van der Waals surface area contributed by atoms with Crippen LogP contribution >= 0.6 is 0 Å². The van der Waals surface area contributed by atoms with Crippen molar-refractivity contribution in [3.05, 3.63) is 48.5 Å². The number of methoxy groups -OCH3 is 2. The summed E-state index contributed by atoms with van der Waals surface area (Å²) in [6.45, 7) is 0.905. The van der Waals surface area contributed by atoms with E-state index in [9.17, 15) is 13.2 Å². The van der Waals surface area contributed by atoms with Crippen LogP contribution in [0.5, 0.6) is 5.75 Å². The molecule has 2 aromatic rings. The second kappa shape index (κ2) is 9.59. The molecule has 3 rings (SSSR count). The van der Waals surface area contributed by atoms with Crippen LogP contribution in [0.15, 0.2) is 53.4 Å². The van der Waals surface area contributed by atoms with Gasteiger partial charge in [0.2, 0.25) is 0 Å². The lowest BCUT2D eigenvalue weighted by Crippen LogP contribution is -2.52. The normalized spacial score (nSPS) is 16.1. The van der Waals surface area contributed by atoms with Gasteiger partial charge in [-0.2, -0.15) is 0 Å². The van der Waals surface area contributed by atoms with Crippen molar-refractivity contribution in [2.45, 2.75) is 29.7 Å². The summed E-state index contributed by atoms with van der Waals surface area (Å²) in [4.78, 5) is 12.1. The predicted octanol–water partition coefficient (Wildman–Crippen LogP) is 2.80. The lowest BCUT2D eigenvalue weighted by molar-refractivity contribution is -0.143. The summed E-state index contributed by atoms with van der Waals surface area (Å²) >= 11 is 0. The quantitative estimate of drug-likeness (QED) is 0.640. The Hall–Kier alpha value is -2.42. The highest BCUT2D eigenvalue weighted by Crippen LogP contribution is 2.35. The van der Waals surface area contributed by atoms with Crippen LogP contribution < -0.4 is 10.1 Å². The maximum Gasteiger partial charge on any atom is 0.307 e. The van der Waals surface area contributed by atoms with Crippen molar-refractivity contribution in [3.8, 4) is 16.9 Å². The monoisotopic (exact) mass is 433 g/mol. The third-order valence-electron chi connectivity index (χ3n) is 5.39. The van der Waals surface area contributed by atoms with Crippen LogP contribution in [0, 0.1) is 0 Å². The minimum atomic E-state index is -3.79. The van der Waals surface area contributed by atoms with Crippen molar-refractivity contribution in [2.24, 2.45) is 0 Å². The van der Waals surface area contributed by atoms with Crippen molar-refractivity contribution in [1.29, 1.82) is 0 Å². The summed E-state index contributed by atoms with van der Waals surface area (Å²) in [6, 6.07) is 14.5. The van der Waals surface area contributed by atoms with Crippen molar-refractivity contribution in [1.82, 2.24) is 5.32 Å². The van der Waals surface area contributed by atoms with Crippen molar-refractivity contribution in [3.63, 3.8) is 0 Å². The first-order valence-corrected chi connectivity index (χ1v) is 11.4. The molecule has 1 fully saturated rings. The largest absolute Gasteiger partial charge is 0.495 e. The maximum atomic E-state index is 13.5. The smallest absolute Gasteiger partial charge is 0.307 e. The van der Waals surface area contributed by atoms with Crippen LogP contribution in [0.3, 0.4) is 0 Å². The second-order valence-electron chi connectivity index (χ2n) is 7.28. The molecule has 0 atom stereocenters. The van der Waals surface area contributed by atoms with Gasteiger partial charge in [-0.25, -0.2) is 8.42 Å². The molecule has 0 aliphatic carbocycles. The molecule has 0 radical (unpaired) electrons. The van der Waals surface area contributed by atoms with E-state index in [2.05, 4.69) is 5.32 Å². The van der Waals surface area contributed by atoms with Gasteiger partial charge < -0.3 is 14.2 Å². The molecule has 162 valence electrons. The van der Waals surface area contributed by atoms with E-state index in [-0.39, 0.29) is 28.9 Å². The van der Waals surface area contributed by atoms with E-state index in [0.29, 0.717) is 31.6 Å². The van der Waals surface area contributed by atoms with E-state index < -0.39 is 15.4 Å². The molecule has 1 saturated heterocycles. The van der Waals surface area contributed by atoms with Gasteiger partial charge in [-0.05, 0) is 24.5 Å². The third-order valence-corrected chi connectivity index (χ3v) is 6.96. The zero-order valence-electron chi connectivity index (χ0n) is 17.2. The summed E-state index contributed by atoms with van der Waals surface area (Å²) in [7, 11) is -1.01. The molecule has 30 heavy (non-hydrogen) atoms. The summed E-state index contributed by atoms with van der Waals surface area (Å²) in [5.74, 6) is -0.430.